The summed E-state index contributed by atoms with van der Waals surface area (Å²) in [5.74, 6) is 1.01. The fraction of sp³-hybridized carbons (Fsp3) is 0.474. The molecular formula is C19H27N5. The number of para-hydroxylation sites is 1. The number of aromatic nitrogens is 2. The Balaban J connectivity index is 1.70. The van der Waals surface area contributed by atoms with Gasteiger partial charge in [-0.1, -0.05) is 32.0 Å². The summed E-state index contributed by atoms with van der Waals surface area (Å²) in [6, 6.07) is 10.2. The molecule has 0 atom stereocenters. The number of aliphatic imine (C=N–C) groups is 1. The molecule has 0 aliphatic carbocycles. The first-order valence-electron chi connectivity index (χ1n) is 8.70. The molecule has 0 amide bonds. The van der Waals surface area contributed by atoms with E-state index in [1.807, 2.05) is 29.1 Å². The quantitative estimate of drug-likeness (QED) is 0.694. The van der Waals surface area contributed by atoms with Crippen molar-refractivity contribution in [1.82, 2.24) is 20.0 Å². The molecule has 1 aliphatic rings. The van der Waals surface area contributed by atoms with Gasteiger partial charge in [0.15, 0.2) is 5.96 Å². The molecule has 2 aromatic rings. The molecule has 0 bridgehead atoms. The molecule has 0 saturated carbocycles. The van der Waals surface area contributed by atoms with Crippen molar-refractivity contribution in [3.05, 3.63) is 48.3 Å². The minimum atomic E-state index is 0.369. The summed E-state index contributed by atoms with van der Waals surface area (Å²) in [6.07, 6.45) is 5.16. The second-order valence-corrected chi connectivity index (χ2v) is 7.13. The van der Waals surface area contributed by atoms with E-state index in [9.17, 15) is 0 Å². The highest BCUT2D eigenvalue weighted by molar-refractivity contribution is 5.80. The number of nitrogens with zero attached hydrogens (tertiary/aromatic N) is 4. The molecule has 1 saturated heterocycles. The number of likely N-dealkylation sites (tertiary alicyclic amines) is 1. The molecule has 24 heavy (non-hydrogen) atoms. The molecular weight excluding hydrogens is 298 g/mol. The summed E-state index contributed by atoms with van der Waals surface area (Å²) < 4.78 is 1.90. The van der Waals surface area contributed by atoms with Gasteiger partial charge in [-0.3, -0.25) is 0 Å². The molecule has 5 heteroatoms. The number of nitrogens with one attached hydrogen (secondary N) is 1. The van der Waals surface area contributed by atoms with Gasteiger partial charge in [0.05, 0.1) is 18.4 Å². The van der Waals surface area contributed by atoms with Crippen LogP contribution in [0, 0.1) is 5.41 Å². The van der Waals surface area contributed by atoms with Crippen molar-refractivity contribution in [2.75, 3.05) is 19.6 Å². The Morgan fingerprint density at radius 1 is 1.29 bits per heavy atom. The fourth-order valence-electron chi connectivity index (χ4n) is 3.05. The van der Waals surface area contributed by atoms with Gasteiger partial charge >= 0.3 is 0 Å². The van der Waals surface area contributed by atoms with Crippen molar-refractivity contribution < 1.29 is 0 Å². The maximum atomic E-state index is 4.82. The van der Waals surface area contributed by atoms with Crippen LogP contribution in [0.25, 0.3) is 5.69 Å². The van der Waals surface area contributed by atoms with Crippen LogP contribution in [0.5, 0.6) is 0 Å². The van der Waals surface area contributed by atoms with Crippen molar-refractivity contribution in [3.8, 4) is 5.69 Å². The van der Waals surface area contributed by atoms with Crippen LogP contribution in [0.3, 0.4) is 0 Å². The van der Waals surface area contributed by atoms with Gasteiger partial charge in [-0.15, -0.1) is 0 Å². The summed E-state index contributed by atoms with van der Waals surface area (Å²) >= 11 is 0. The molecule has 0 radical (unpaired) electrons. The smallest absolute Gasteiger partial charge is 0.194 e. The van der Waals surface area contributed by atoms with Crippen molar-refractivity contribution >= 4 is 5.96 Å². The van der Waals surface area contributed by atoms with E-state index in [1.165, 1.54) is 6.42 Å². The standard InChI is InChI=1S/C19H27N5/c1-4-20-18(23-11-10-19(2,3)15-23)21-12-16-13-22-24(14-16)17-8-6-5-7-9-17/h5-9,13-14H,4,10-12,15H2,1-3H3,(H,20,21). The lowest BCUT2D eigenvalue weighted by Crippen LogP contribution is -2.40. The zero-order valence-electron chi connectivity index (χ0n) is 14.9. The van der Waals surface area contributed by atoms with Crippen molar-refractivity contribution in [3.63, 3.8) is 0 Å². The largest absolute Gasteiger partial charge is 0.357 e. The number of guanidine groups is 1. The summed E-state index contributed by atoms with van der Waals surface area (Å²) in [4.78, 5) is 7.18. The van der Waals surface area contributed by atoms with E-state index < -0.39 is 0 Å². The zero-order valence-corrected chi connectivity index (χ0v) is 14.9. The Hall–Kier alpha value is -2.30. The Labute approximate surface area is 144 Å². The maximum absolute atomic E-state index is 4.82. The average Bonchev–Trinajstić information content (AvgIpc) is 3.19. The number of benzene rings is 1. The highest BCUT2D eigenvalue weighted by Gasteiger charge is 2.30. The topological polar surface area (TPSA) is 45.5 Å². The first-order valence-corrected chi connectivity index (χ1v) is 8.70. The second kappa shape index (κ2) is 7.07. The van der Waals surface area contributed by atoms with E-state index in [0.29, 0.717) is 12.0 Å². The average molecular weight is 325 g/mol. The summed E-state index contributed by atoms with van der Waals surface area (Å²) in [5, 5.41) is 7.86. The van der Waals surface area contributed by atoms with E-state index in [0.717, 1.165) is 36.8 Å². The van der Waals surface area contributed by atoms with E-state index >= 15 is 0 Å². The van der Waals surface area contributed by atoms with E-state index in [1.54, 1.807) is 0 Å². The third kappa shape index (κ3) is 3.96. The zero-order chi connectivity index (χ0) is 17.0. The highest BCUT2D eigenvalue weighted by Crippen LogP contribution is 2.28. The Morgan fingerprint density at radius 3 is 2.75 bits per heavy atom. The van der Waals surface area contributed by atoms with Gasteiger partial charge in [0.1, 0.15) is 0 Å². The van der Waals surface area contributed by atoms with Crippen LogP contribution in [-0.4, -0.2) is 40.3 Å². The number of rotatable bonds is 4. The SMILES string of the molecule is CCNC(=NCc1cnn(-c2ccccc2)c1)N1CCC(C)(C)C1. The molecule has 0 unspecified atom stereocenters. The number of hydrogen-bond acceptors (Lipinski definition) is 2. The van der Waals surface area contributed by atoms with Crippen LogP contribution >= 0.6 is 0 Å². The van der Waals surface area contributed by atoms with Crippen molar-refractivity contribution in [1.29, 1.82) is 0 Å². The minimum Gasteiger partial charge on any atom is -0.357 e. The molecule has 1 aromatic carbocycles. The minimum absolute atomic E-state index is 0.369. The van der Waals surface area contributed by atoms with Crippen LogP contribution in [0.15, 0.2) is 47.7 Å². The first-order chi connectivity index (χ1) is 11.6. The first kappa shape index (κ1) is 16.6. The Morgan fingerprint density at radius 2 is 2.08 bits per heavy atom. The Kier molecular flexibility index (Phi) is 4.88. The lowest BCUT2D eigenvalue weighted by atomic mass is 9.93. The second-order valence-electron chi connectivity index (χ2n) is 7.13. The van der Waals surface area contributed by atoms with Gasteiger partial charge < -0.3 is 10.2 Å². The Bertz CT molecular complexity index is 687. The predicted octanol–water partition coefficient (Wildman–Crippen LogP) is 3.07. The summed E-state index contributed by atoms with van der Waals surface area (Å²) in [5.41, 5.74) is 2.56. The predicted molar refractivity (Wildman–Crippen MR) is 98.4 cm³/mol. The van der Waals surface area contributed by atoms with E-state index in [4.69, 9.17) is 4.99 Å². The van der Waals surface area contributed by atoms with Gasteiger partial charge in [-0.25, -0.2) is 9.67 Å². The highest BCUT2D eigenvalue weighted by atomic mass is 15.3. The maximum Gasteiger partial charge on any atom is 0.194 e. The molecule has 1 aromatic heterocycles. The van der Waals surface area contributed by atoms with Gasteiger partial charge in [0.2, 0.25) is 0 Å². The van der Waals surface area contributed by atoms with Crippen LogP contribution in [0.4, 0.5) is 0 Å². The van der Waals surface area contributed by atoms with E-state index in [-0.39, 0.29) is 0 Å². The molecule has 1 N–H and O–H groups in total. The third-order valence-corrected chi connectivity index (χ3v) is 4.38. The summed E-state index contributed by atoms with van der Waals surface area (Å²) in [6.45, 7) is 10.4. The van der Waals surface area contributed by atoms with Crippen LogP contribution in [0.1, 0.15) is 32.8 Å². The monoisotopic (exact) mass is 325 g/mol. The molecule has 2 heterocycles. The lowest BCUT2D eigenvalue weighted by molar-refractivity contribution is 0.370. The molecule has 3 rings (SSSR count). The molecule has 1 fully saturated rings. The van der Waals surface area contributed by atoms with Crippen LogP contribution in [-0.2, 0) is 6.54 Å². The van der Waals surface area contributed by atoms with Crippen molar-refractivity contribution in [2.24, 2.45) is 10.4 Å². The van der Waals surface area contributed by atoms with Gasteiger partial charge in [0.25, 0.3) is 0 Å². The normalized spacial score (nSPS) is 17.3. The molecule has 1 aliphatic heterocycles. The van der Waals surface area contributed by atoms with Crippen LogP contribution < -0.4 is 5.32 Å². The lowest BCUT2D eigenvalue weighted by Gasteiger charge is -2.23. The van der Waals surface area contributed by atoms with Crippen molar-refractivity contribution in [2.45, 2.75) is 33.7 Å². The molecule has 5 nitrogen and oxygen atoms in total. The molecule has 128 valence electrons. The van der Waals surface area contributed by atoms with E-state index in [2.05, 4.69) is 54.4 Å². The fourth-order valence-corrected chi connectivity index (χ4v) is 3.05. The molecule has 0 spiro atoms. The van der Waals surface area contributed by atoms with Crippen LogP contribution in [0.2, 0.25) is 0 Å². The van der Waals surface area contributed by atoms with Gasteiger partial charge in [-0.05, 0) is 30.9 Å². The number of hydrogen-bond donors (Lipinski definition) is 1. The summed E-state index contributed by atoms with van der Waals surface area (Å²) in [7, 11) is 0. The van der Waals surface area contributed by atoms with Gasteiger partial charge in [0, 0.05) is 31.4 Å². The third-order valence-electron chi connectivity index (χ3n) is 4.38. The van der Waals surface area contributed by atoms with Gasteiger partial charge in [-0.2, -0.15) is 5.10 Å².